The molecule has 3 aromatic heterocycles. The Morgan fingerprint density at radius 1 is 1.17 bits per heavy atom. The van der Waals surface area contributed by atoms with Gasteiger partial charge in [-0.15, -0.1) is 0 Å². The topological polar surface area (TPSA) is 108 Å². The average Bonchev–Trinajstić information content (AvgIpc) is 3.08. The molecule has 4 rings (SSSR count). The van der Waals surface area contributed by atoms with Gasteiger partial charge in [0.2, 0.25) is 0 Å². The number of nitrogens with one attached hydrogen (secondary N) is 3. The van der Waals surface area contributed by atoms with Gasteiger partial charge in [-0.05, 0) is 32.0 Å². The van der Waals surface area contributed by atoms with Crippen LogP contribution in [0.1, 0.15) is 21.7 Å². The summed E-state index contributed by atoms with van der Waals surface area (Å²) >= 11 is 0. The summed E-state index contributed by atoms with van der Waals surface area (Å²) in [5.41, 5.74) is 4.30. The number of aromatic nitrogens is 5. The summed E-state index contributed by atoms with van der Waals surface area (Å²) in [6.45, 7) is 3.70. The van der Waals surface area contributed by atoms with Gasteiger partial charge in [0.05, 0.1) is 28.0 Å². The van der Waals surface area contributed by atoms with E-state index in [2.05, 4.69) is 25.4 Å². The lowest BCUT2D eigenvalue weighted by atomic mass is 10.2. The first-order valence-corrected chi connectivity index (χ1v) is 7.36. The predicted molar refractivity (Wildman–Crippen MR) is 89.3 cm³/mol. The minimum absolute atomic E-state index is 0.284. The zero-order chi connectivity index (χ0) is 16.8. The maximum atomic E-state index is 12.6. The normalized spacial score (nSPS) is 11.2. The van der Waals surface area contributed by atoms with Crippen molar-refractivity contribution >= 4 is 28.3 Å². The first kappa shape index (κ1) is 14.2. The van der Waals surface area contributed by atoms with E-state index in [4.69, 9.17) is 0 Å². The van der Waals surface area contributed by atoms with Crippen LogP contribution >= 0.6 is 0 Å². The van der Waals surface area contributed by atoms with Crippen LogP contribution < -0.4 is 11.0 Å². The van der Waals surface area contributed by atoms with E-state index in [-0.39, 0.29) is 11.6 Å². The molecule has 3 heterocycles. The van der Waals surface area contributed by atoms with Crippen LogP contribution in [0.25, 0.3) is 16.7 Å². The summed E-state index contributed by atoms with van der Waals surface area (Å²) in [4.78, 5) is 33.4. The lowest BCUT2D eigenvalue weighted by Crippen LogP contribution is -2.16. The van der Waals surface area contributed by atoms with Crippen molar-refractivity contribution in [3.63, 3.8) is 0 Å². The van der Waals surface area contributed by atoms with Crippen LogP contribution in [-0.2, 0) is 0 Å². The van der Waals surface area contributed by atoms with E-state index in [1.54, 1.807) is 22.7 Å². The molecule has 1 amide bonds. The third-order valence-electron chi connectivity index (χ3n) is 3.86. The number of nitrogens with zero attached hydrogens (tertiary/aromatic N) is 3. The van der Waals surface area contributed by atoms with E-state index in [0.717, 1.165) is 5.69 Å². The first-order valence-electron chi connectivity index (χ1n) is 7.36. The summed E-state index contributed by atoms with van der Waals surface area (Å²) in [6.07, 6.45) is 1.54. The molecule has 0 saturated carbocycles. The highest BCUT2D eigenvalue weighted by atomic mass is 16.2. The lowest BCUT2D eigenvalue weighted by Gasteiger charge is -2.08. The molecule has 0 atom stereocenters. The summed E-state index contributed by atoms with van der Waals surface area (Å²) in [5.74, 6) is -0.285. The quantitative estimate of drug-likeness (QED) is 0.522. The van der Waals surface area contributed by atoms with Crippen molar-refractivity contribution < 1.29 is 4.79 Å². The molecule has 8 nitrogen and oxygen atoms in total. The number of fused-ring (bicyclic) bond motifs is 2. The van der Waals surface area contributed by atoms with Gasteiger partial charge in [0.15, 0.2) is 5.65 Å². The second-order valence-electron chi connectivity index (χ2n) is 5.61. The Balaban J connectivity index is 1.69. The van der Waals surface area contributed by atoms with Gasteiger partial charge in [-0.25, -0.2) is 14.3 Å². The second-order valence-corrected chi connectivity index (χ2v) is 5.61. The van der Waals surface area contributed by atoms with Crippen molar-refractivity contribution in [1.82, 2.24) is 24.6 Å². The van der Waals surface area contributed by atoms with Gasteiger partial charge < -0.3 is 15.3 Å². The number of hydrogen-bond donors (Lipinski definition) is 3. The molecule has 0 fully saturated rings. The number of H-pyrrole nitrogens is 2. The van der Waals surface area contributed by atoms with Crippen molar-refractivity contribution in [3.05, 3.63) is 57.9 Å². The molecular formula is C16H14N6O2. The van der Waals surface area contributed by atoms with E-state index in [1.807, 2.05) is 19.9 Å². The number of carbonyl (C=O) groups excluding carboxylic acids is 1. The largest absolute Gasteiger partial charge is 0.323 e. The SMILES string of the molecule is Cc1cc2ncc(C(=O)Nc3ccc4[nH]c(=O)[nH]c4c3)c(C)n2n1. The Kier molecular flexibility index (Phi) is 2.99. The van der Waals surface area contributed by atoms with Crippen LogP contribution in [0, 0.1) is 13.8 Å². The van der Waals surface area contributed by atoms with E-state index in [1.165, 1.54) is 6.20 Å². The van der Waals surface area contributed by atoms with Gasteiger partial charge >= 0.3 is 5.69 Å². The molecule has 24 heavy (non-hydrogen) atoms. The Bertz CT molecular complexity index is 1150. The summed E-state index contributed by atoms with van der Waals surface area (Å²) in [7, 11) is 0. The number of benzene rings is 1. The number of rotatable bonds is 2. The molecule has 120 valence electrons. The molecule has 3 N–H and O–H groups in total. The van der Waals surface area contributed by atoms with Crippen LogP contribution in [0.2, 0.25) is 0 Å². The number of aryl methyl sites for hydroxylation is 2. The fourth-order valence-electron chi connectivity index (χ4n) is 2.69. The number of amides is 1. The molecule has 8 heteroatoms. The Morgan fingerprint density at radius 2 is 1.96 bits per heavy atom. The van der Waals surface area contributed by atoms with Crippen molar-refractivity contribution in [1.29, 1.82) is 0 Å². The van der Waals surface area contributed by atoms with E-state index < -0.39 is 0 Å². The molecule has 0 bridgehead atoms. The number of imidazole rings is 1. The van der Waals surface area contributed by atoms with Gasteiger partial charge in [-0.3, -0.25) is 4.79 Å². The van der Waals surface area contributed by atoms with Crippen LogP contribution in [0.5, 0.6) is 0 Å². The molecule has 0 unspecified atom stereocenters. The maximum Gasteiger partial charge on any atom is 0.323 e. The molecule has 1 aromatic carbocycles. The Labute approximate surface area is 135 Å². The second kappa shape index (κ2) is 5.05. The van der Waals surface area contributed by atoms with E-state index in [9.17, 15) is 9.59 Å². The highest BCUT2D eigenvalue weighted by Crippen LogP contribution is 2.17. The number of carbonyl (C=O) groups is 1. The van der Waals surface area contributed by atoms with Gasteiger partial charge in [-0.1, -0.05) is 0 Å². The monoisotopic (exact) mass is 322 g/mol. The van der Waals surface area contributed by atoms with Crippen LogP contribution in [0.4, 0.5) is 5.69 Å². The molecule has 0 spiro atoms. The van der Waals surface area contributed by atoms with Crippen LogP contribution in [0.3, 0.4) is 0 Å². The minimum atomic E-state index is -0.285. The van der Waals surface area contributed by atoms with Gasteiger partial charge in [0.1, 0.15) is 0 Å². The Hall–Kier alpha value is -3.42. The molecule has 0 aliphatic rings. The van der Waals surface area contributed by atoms with Crippen molar-refractivity contribution in [3.8, 4) is 0 Å². The zero-order valence-corrected chi connectivity index (χ0v) is 13.0. The average molecular weight is 322 g/mol. The highest BCUT2D eigenvalue weighted by Gasteiger charge is 2.14. The Morgan fingerprint density at radius 3 is 2.79 bits per heavy atom. The van der Waals surface area contributed by atoms with Crippen LogP contribution in [0.15, 0.2) is 35.3 Å². The van der Waals surface area contributed by atoms with E-state index in [0.29, 0.717) is 33.6 Å². The van der Waals surface area contributed by atoms with Crippen molar-refractivity contribution in [2.24, 2.45) is 0 Å². The molecular weight excluding hydrogens is 308 g/mol. The standard InChI is InChI=1S/C16H14N6O2/c1-8-5-14-17-7-11(9(2)22(14)21-8)15(23)18-10-3-4-12-13(6-10)20-16(24)19-12/h3-7H,1-2H3,(H,18,23)(H2,19,20,24). The summed E-state index contributed by atoms with van der Waals surface area (Å²) in [5, 5.41) is 7.15. The smallest absolute Gasteiger partial charge is 0.322 e. The number of aromatic amines is 2. The fourth-order valence-corrected chi connectivity index (χ4v) is 2.69. The number of anilines is 1. The summed E-state index contributed by atoms with van der Waals surface area (Å²) < 4.78 is 1.65. The molecule has 0 aliphatic carbocycles. The fraction of sp³-hybridized carbons (Fsp3) is 0.125. The third-order valence-corrected chi connectivity index (χ3v) is 3.86. The molecule has 4 aromatic rings. The van der Waals surface area contributed by atoms with Crippen LogP contribution in [-0.4, -0.2) is 30.5 Å². The predicted octanol–water partition coefficient (Wildman–Crippen LogP) is 1.77. The molecule has 0 saturated heterocycles. The number of hydrogen-bond acceptors (Lipinski definition) is 4. The van der Waals surface area contributed by atoms with Gasteiger partial charge in [0.25, 0.3) is 5.91 Å². The molecule has 0 radical (unpaired) electrons. The van der Waals surface area contributed by atoms with E-state index >= 15 is 0 Å². The lowest BCUT2D eigenvalue weighted by molar-refractivity contribution is 0.102. The maximum absolute atomic E-state index is 12.6. The van der Waals surface area contributed by atoms with Gasteiger partial charge in [0, 0.05) is 18.0 Å². The van der Waals surface area contributed by atoms with Crippen molar-refractivity contribution in [2.75, 3.05) is 5.32 Å². The highest BCUT2D eigenvalue weighted by molar-refractivity contribution is 6.05. The summed E-state index contributed by atoms with van der Waals surface area (Å²) in [6, 6.07) is 7.01. The first-order chi connectivity index (χ1) is 11.5. The zero-order valence-electron chi connectivity index (χ0n) is 13.0. The minimum Gasteiger partial charge on any atom is -0.322 e. The molecule has 0 aliphatic heterocycles. The third kappa shape index (κ3) is 2.24. The van der Waals surface area contributed by atoms with Gasteiger partial charge in [-0.2, -0.15) is 5.10 Å². The van der Waals surface area contributed by atoms with Crippen molar-refractivity contribution in [2.45, 2.75) is 13.8 Å².